The molecule has 8 aromatic carbocycles. The number of rotatable bonds is 3. The van der Waals surface area contributed by atoms with Crippen molar-refractivity contribution in [3.8, 4) is 22.5 Å². The fourth-order valence-electron chi connectivity index (χ4n) is 7.69. The molecule has 0 N–H and O–H groups in total. The number of benzene rings is 8. The lowest BCUT2D eigenvalue weighted by atomic mass is 9.92. The van der Waals surface area contributed by atoms with Crippen LogP contribution < -0.4 is 0 Å². The van der Waals surface area contributed by atoms with Gasteiger partial charge < -0.3 is 9.13 Å². The van der Waals surface area contributed by atoms with Crippen LogP contribution in [-0.4, -0.2) is 9.13 Å². The molecule has 2 nitrogen and oxygen atoms in total. The lowest BCUT2D eigenvalue weighted by Gasteiger charge is -2.13. The standard InChI is InChI=1S/C44H28N2/c1-2-12-31(13-3-1)45-41-20-10-8-18-38(41)44-43(45)39-19-9-11-21-42(39)46(44)32-25-22-29(23-26-32)30-24-27-37-35-16-5-4-14-33(35)34-15-6-7-17-36(34)40(37)28-30/h1-28H. The Labute approximate surface area is 266 Å². The van der Waals surface area contributed by atoms with Gasteiger partial charge in [0.15, 0.2) is 0 Å². The van der Waals surface area contributed by atoms with Crippen molar-refractivity contribution in [1.29, 1.82) is 0 Å². The van der Waals surface area contributed by atoms with Crippen molar-refractivity contribution in [2.24, 2.45) is 0 Å². The van der Waals surface area contributed by atoms with Crippen LogP contribution in [0.3, 0.4) is 0 Å². The number of hydrogen-bond donors (Lipinski definition) is 0. The van der Waals surface area contributed by atoms with Gasteiger partial charge >= 0.3 is 0 Å². The van der Waals surface area contributed by atoms with Crippen LogP contribution in [0.15, 0.2) is 170 Å². The van der Waals surface area contributed by atoms with Gasteiger partial charge in [0, 0.05) is 22.1 Å². The summed E-state index contributed by atoms with van der Waals surface area (Å²) in [5, 5.41) is 10.3. The van der Waals surface area contributed by atoms with E-state index in [0.29, 0.717) is 0 Å². The smallest absolute Gasteiger partial charge is 0.0803 e. The minimum atomic E-state index is 1.16. The molecule has 0 saturated carbocycles. The highest BCUT2D eigenvalue weighted by molar-refractivity contribution is 6.26. The monoisotopic (exact) mass is 584 g/mol. The molecule has 214 valence electrons. The molecule has 0 aliphatic rings. The number of para-hydroxylation sites is 3. The normalized spacial score (nSPS) is 11.9. The van der Waals surface area contributed by atoms with E-state index in [2.05, 4.69) is 179 Å². The van der Waals surface area contributed by atoms with Crippen LogP contribution in [0.5, 0.6) is 0 Å². The van der Waals surface area contributed by atoms with E-state index < -0.39 is 0 Å². The third kappa shape index (κ3) is 3.53. The molecule has 46 heavy (non-hydrogen) atoms. The van der Waals surface area contributed by atoms with Gasteiger partial charge in [-0.05, 0) is 85.9 Å². The van der Waals surface area contributed by atoms with E-state index in [-0.39, 0.29) is 0 Å². The van der Waals surface area contributed by atoms with Crippen molar-refractivity contribution in [3.63, 3.8) is 0 Å². The van der Waals surface area contributed by atoms with Gasteiger partial charge in [0.25, 0.3) is 0 Å². The summed E-state index contributed by atoms with van der Waals surface area (Å²) in [6.45, 7) is 0. The molecule has 0 radical (unpaired) electrons. The van der Waals surface area contributed by atoms with Crippen LogP contribution in [0.25, 0.3) is 87.7 Å². The quantitative estimate of drug-likeness (QED) is 0.183. The average Bonchev–Trinajstić information content (AvgIpc) is 3.65. The molecular formula is C44H28N2. The second-order valence-corrected chi connectivity index (χ2v) is 12.1. The molecule has 0 unspecified atom stereocenters. The first kappa shape index (κ1) is 25.2. The predicted octanol–water partition coefficient (Wildman–Crippen LogP) is 11.9. The molecule has 2 heterocycles. The maximum Gasteiger partial charge on any atom is 0.0803 e. The van der Waals surface area contributed by atoms with E-state index in [9.17, 15) is 0 Å². The Morgan fingerprint density at radius 3 is 1.20 bits per heavy atom. The van der Waals surface area contributed by atoms with Gasteiger partial charge in [0.05, 0.1) is 22.1 Å². The van der Waals surface area contributed by atoms with E-state index >= 15 is 0 Å². The van der Waals surface area contributed by atoms with Crippen molar-refractivity contribution in [1.82, 2.24) is 9.13 Å². The molecule has 0 aliphatic carbocycles. The van der Waals surface area contributed by atoms with Gasteiger partial charge in [-0.15, -0.1) is 0 Å². The fourth-order valence-corrected chi connectivity index (χ4v) is 7.69. The zero-order valence-electron chi connectivity index (χ0n) is 25.1. The summed E-state index contributed by atoms with van der Waals surface area (Å²) in [4.78, 5) is 0. The van der Waals surface area contributed by atoms with Crippen LogP contribution in [-0.2, 0) is 0 Å². The molecule has 0 spiro atoms. The largest absolute Gasteiger partial charge is 0.307 e. The Kier molecular flexibility index (Phi) is 5.31. The van der Waals surface area contributed by atoms with Crippen LogP contribution in [0.4, 0.5) is 0 Å². The number of aromatic nitrogens is 2. The molecule has 0 aliphatic heterocycles. The highest BCUT2D eigenvalue weighted by atomic mass is 15.1. The first-order valence-electron chi connectivity index (χ1n) is 15.9. The highest BCUT2D eigenvalue weighted by Gasteiger charge is 2.21. The van der Waals surface area contributed by atoms with Gasteiger partial charge in [0.2, 0.25) is 0 Å². The summed E-state index contributed by atoms with van der Waals surface area (Å²) in [5.41, 5.74) is 9.65. The van der Waals surface area contributed by atoms with Gasteiger partial charge in [0.1, 0.15) is 0 Å². The van der Waals surface area contributed by atoms with E-state index in [4.69, 9.17) is 0 Å². The van der Waals surface area contributed by atoms with Gasteiger partial charge in [-0.25, -0.2) is 0 Å². The van der Waals surface area contributed by atoms with Gasteiger partial charge in [-0.3, -0.25) is 0 Å². The summed E-state index contributed by atoms with van der Waals surface area (Å²) in [6, 6.07) is 61.9. The first-order valence-corrected chi connectivity index (χ1v) is 15.9. The Hall–Kier alpha value is -6.12. The lowest BCUT2D eigenvalue weighted by Crippen LogP contribution is -1.93. The number of hydrogen-bond acceptors (Lipinski definition) is 0. The second kappa shape index (κ2) is 9.69. The van der Waals surface area contributed by atoms with Gasteiger partial charge in [-0.2, -0.15) is 0 Å². The molecule has 2 heteroatoms. The van der Waals surface area contributed by atoms with E-state index in [1.54, 1.807) is 0 Å². The zero-order valence-corrected chi connectivity index (χ0v) is 25.1. The maximum absolute atomic E-state index is 2.44. The SMILES string of the molecule is c1ccc(-n2c3ccccc3c3c2c2ccccc2n3-c2ccc(-c3ccc4c5ccccc5c5ccccc5c4c3)cc2)cc1. The maximum atomic E-state index is 2.44. The first-order chi connectivity index (χ1) is 22.8. The summed E-state index contributed by atoms with van der Waals surface area (Å²) < 4.78 is 4.86. The van der Waals surface area contributed by atoms with Crippen molar-refractivity contribution in [3.05, 3.63) is 170 Å². The van der Waals surface area contributed by atoms with Gasteiger partial charge in [-0.1, -0.05) is 127 Å². The summed E-state index contributed by atoms with van der Waals surface area (Å²) >= 11 is 0. The highest BCUT2D eigenvalue weighted by Crippen LogP contribution is 2.41. The minimum Gasteiger partial charge on any atom is -0.307 e. The van der Waals surface area contributed by atoms with Crippen LogP contribution >= 0.6 is 0 Å². The van der Waals surface area contributed by atoms with E-state index in [1.165, 1.54) is 82.0 Å². The Morgan fingerprint density at radius 2 is 0.652 bits per heavy atom. The number of fused-ring (bicyclic) bond motifs is 11. The van der Waals surface area contributed by atoms with Crippen LogP contribution in [0.1, 0.15) is 0 Å². The summed E-state index contributed by atoms with van der Waals surface area (Å²) in [6.07, 6.45) is 0. The zero-order chi connectivity index (χ0) is 30.2. The molecule has 0 saturated heterocycles. The third-order valence-electron chi connectivity index (χ3n) is 9.69. The fraction of sp³-hybridized carbons (Fsp3) is 0. The van der Waals surface area contributed by atoms with E-state index in [0.717, 1.165) is 5.69 Å². The molecule has 10 rings (SSSR count). The summed E-state index contributed by atoms with van der Waals surface area (Å²) in [5.74, 6) is 0. The molecule has 0 amide bonds. The minimum absolute atomic E-state index is 1.16. The topological polar surface area (TPSA) is 9.86 Å². The van der Waals surface area contributed by atoms with Crippen molar-refractivity contribution in [2.75, 3.05) is 0 Å². The Balaban J connectivity index is 1.18. The molecule has 0 bridgehead atoms. The summed E-state index contributed by atoms with van der Waals surface area (Å²) in [7, 11) is 0. The molecule has 2 aromatic heterocycles. The van der Waals surface area contributed by atoms with E-state index in [1.807, 2.05) is 0 Å². The van der Waals surface area contributed by atoms with Crippen molar-refractivity contribution < 1.29 is 0 Å². The predicted molar refractivity (Wildman–Crippen MR) is 196 cm³/mol. The molecule has 0 atom stereocenters. The second-order valence-electron chi connectivity index (χ2n) is 12.1. The molecule has 10 aromatic rings. The Morgan fingerprint density at radius 1 is 0.261 bits per heavy atom. The molecule has 0 fully saturated rings. The van der Waals surface area contributed by atoms with Crippen LogP contribution in [0.2, 0.25) is 0 Å². The Bertz CT molecular complexity index is 2740. The number of nitrogens with zero attached hydrogens (tertiary/aromatic N) is 2. The molecular weight excluding hydrogens is 556 g/mol. The lowest BCUT2D eigenvalue weighted by molar-refractivity contribution is 1.17. The van der Waals surface area contributed by atoms with Crippen LogP contribution in [0, 0.1) is 0 Å². The van der Waals surface area contributed by atoms with Crippen molar-refractivity contribution in [2.45, 2.75) is 0 Å². The van der Waals surface area contributed by atoms with Crippen molar-refractivity contribution >= 4 is 65.2 Å². The third-order valence-corrected chi connectivity index (χ3v) is 9.69. The average molecular weight is 585 g/mol.